The highest BCUT2D eigenvalue weighted by molar-refractivity contribution is 9.10. The highest BCUT2D eigenvalue weighted by Gasteiger charge is 2.13. The van der Waals surface area contributed by atoms with Crippen LogP contribution in [0, 0.1) is 0 Å². The van der Waals surface area contributed by atoms with E-state index in [1.807, 2.05) is 30.3 Å². The summed E-state index contributed by atoms with van der Waals surface area (Å²) in [4.78, 5) is 25.3. The molecule has 7 heteroatoms. The first kappa shape index (κ1) is 21.4. The fourth-order valence-corrected chi connectivity index (χ4v) is 4.17. The fourth-order valence-electron chi connectivity index (χ4n) is 3.18. The van der Waals surface area contributed by atoms with Crippen LogP contribution in [0.1, 0.15) is 20.7 Å². The van der Waals surface area contributed by atoms with Gasteiger partial charge in [0, 0.05) is 26.4 Å². The molecule has 0 aromatic heterocycles. The number of halogens is 3. The first-order chi connectivity index (χ1) is 14.9. The lowest BCUT2D eigenvalue weighted by atomic mass is 10.0. The van der Waals surface area contributed by atoms with Gasteiger partial charge in [-0.3, -0.25) is 9.59 Å². The number of benzene rings is 4. The minimum atomic E-state index is -0.347. The third-order valence-electron chi connectivity index (χ3n) is 4.69. The average molecular weight is 514 g/mol. The first-order valence-electron chi connectivity index (χ1n) is 9.27. The Bertz CT molecular complexity index is 1310. The zero-order chi connectivity index (χ0) is 22.0. The Morgan fingerprint density at radius 3 is 1.90 bits per heavy atom. The van der Waals surface area contributed by atoms with Crippen LogP contribution in [0.15, 0.2) is 83.3 Å². The predicted molar refractivity (Wildman–Crippen MR) is 130 cm³/mol. The summed E-state index contributed by atoms with van der Waals surface area (Å²) in [6, 6.07) is 22.9. The summed E-state index contributed by atoms with van der Waals surface area (Å²) in [5.41, 5.74) is 2.08. The molecular weight excluding hydrogens is 499 g/mol. The van der Waals surface area contributed by atoms with Crippen molar-refractivity contribution in [1.29, 1.82) is 0 Å². The normalized spacial score (nSPS) is 10.7. The largest absolute Gasteiger partial charge is 0.322 e. The Kier molecular flexibility index (Phi) is 6.28. The molecule has 2 N–H and O–H groups in total. The molecular formula is C24H15BrCl2N2O2. The average Bonchev–Trinajstić information content (AvgIpc) is 2.75. The van der Waals surface area contributed by atoms with Crippen molar-refractivity contribution in [2.24, 2.45) is 0 Å². The Balaban J connectivity index is 1.48. The van der Waals surface area contributed by atoms with E-state index in [0.29, 0.717) is 27.5 Å². The van der Waals surface area contributed by atoms with Crippen molar-refractivity contribution in [2.45, 2.75) is 0 Å². The van der Waals surface area contributed by atoms with E-state index in [-0.39, 0.29) is 16.8 Å². The van der Waals surface area contributed by atoms with E-state index in [1.165, 1.54) is 6.07 Å². The van der Waals surface area contributed by atoms with E-state index in [9.17, 15) is 9.59 Å². The Labute approximate surface area is 197 Å². The van der Waals surface area contributed by atoms with Crippen LogP contribution in [0.25, 0.3) is 10.8 Å². The van der Waals surface area contributed by atoms with E-state index >= 15 is 0 Å². The fraction of sp³-hybridized carbons (Fsp3) is 0. The van der Waals surface area contributed by atoms with Gasteiger partial charge in [0.15, 0.2) is 0 Å². The molecule has 0 heterocycles. The lowest BCUT2D eigenvalue weighted by Gasteiger charge is -2.10. The molecule has 0 aliphatic carbocycles. The van der Waals surface area contributed by atoms with E-state index in [0.717, 1.165) is 15.2 Å². The number of carbonyl (C=O) groups excluding carboxylic acids is 2. The molecule has 0 unspecified atom stereocenters. The van der Waals surface area contributed by atoms with Gasteiger partial charge in [0.25, 0.3) is 11.8 Å². The highest BCUT2D eigenvalue weighted by Crippen LogP contribution is 2.27. The van der Waals surface area contributed by atoms with Gasteiger partial charge in [0.1, 0.15) is 0 Å². The van der Waals surface area contributed by atoms with Crippen LogP contribution < -0.4 is 10.6 Å². The van der Waals surface area contributed by atoms with Crippen LogP contribution in [-0.2, 0) is 0 Å². The summed E-state index contributed by atoms with van der Waals surface area (Å²) in [6.45, 7) is 0. The number of carbonyl (C=O) groups is 2. The van der Waals surface area contributed by atoms with Gasteiger partial charge < -0.3 is 10.6 Å². The molecule has 0 aliphatic heterocycles. The molecule has 0 radical (unpaired) electrons. The quantitative estimate of drug-likeness (QED) is 0.298. The molecule has 0 bridgehead atoms. The molecule has 0 atom stereocenters. The van der Waals surface area contributed by atoms with Gasteiger partial charge in [-0.2, -0.15) is 0 Å². The van der Waals surface area contributed by atoms with Crippen molar-refractivity contribution >= 4 is 73.1 Å². The van der Waals surface area contributed by atoms with Gasteiger partial charge in [-0.15, -0.1) is 0 Å². The number of hydrogen-bond acceptors (Lipinski definition) is 2. The second-order valence-corrected chi connectivity index (χ2v) is 8.45. The lowest BCUT2D eigenvalue weighted by Crippen LogP contribution is -2.14. The van der Waals surface area contributed by atoms with Crippen LogP contribution in [0.4, 0.5) is 11.4 Å². The van der Waals surface area contributed by atoms with Crippen molar-refractivity contribution in [3.05, 3.63) is 105 Å². The van der Waals surface area contributed by atoms with Crippen molar-refractivity contribution in [3.63, 3.8) is 0 Å². The molecule has 0 saturated heterocycles. The smallest absolute Gasteiger partial charge is 0.257 e. The summed E-state index contributed by atoms with van der Waals surface area (Å²) >= 11 is 15.5. The van der Waals surface area contributed by atoms with Crippen molar-refractivity contribution in [2.75, 3.05) is 10.6 Å². The monoisotopic (exact) mass is 512 g/mol. The van der Waals surface area contributed by atoms with Crippen molar-refractivity contribution in [3.8, 4) is 0 Å². The van der Waals surface area contributed by atoms with Gasteiger partial charge in [-0.05, 0) is 65.4 Å². The van der Waals surface area contributed by atoms with Gasteiger partial charge >= 0.3 is 0 Å². The van der Waals surface area contributed by atoms with E-state index in [2.05, 4.69) is 26.6 Å². The van der Waals surface area contributed by atoms with Gasteiger partial charge in [0.2, 0.25) is 0 Å². The van der Waals surface area contributed by atoms with Gasteiger partial charge in [0.05, 0.1) is 10.6 Å². The Morgan fingerprint density at radius 1 is 0.677 bits per heavy atom. The maximum Gasteiger partial charge on any atom is 0.257 e. The van der Waals surface area contributed by atoms with Crippen LogP contribution in [0.2, 0.25) is 10.0 Å². The molecule has 4 aromatic carbocycles. The first-order valence-corrected chi connectivity index (χ1v) is 10.8. The van der Waals surface area contributed by atoms with Crippen LogP contribution in [-0.4, -0.2) is 11.8 Å². The number of rotatable bonds is 4. The van der Waals surface area contributed by atoms with Crippen molar-refractivity contribution in [1.82, 2.24) is 0 Å². The number of hydrogen-bond donors (Lipinski definition) is 2. The molecule has 154 valence electrons. The molecule has 0 fully saturated rings. The molecule has 4 rings (SSSR count). The highest BCUT2D eigenvalue weighted by atomic mass is 79.9. The molecule has 4 aromatic rings. The second kappa shape index (κ2) is 9.10. The molecule has 31 heavy (non-hydrogen) atoms. The van der Waals surface area contributed by atoms with Gasteiger partial charge in [-0.25, -0.2) is 0 Å². The zero-order valence-corrected chi connectivity index (χ0v) is 19.1. The van der Waals surface area contributed by atoms with E-state index < -0.39 is 0 Å². The minimum absolute atomic E-state index is 0.214. The van der Waals surface area contributed by atoms with Crippen LogP contribution in [0.3, 0.4) is 0 Å². The molecule has 0 saturated carbocycles. The lowest BCUT2D eigenvalue weighted by molar-refractivity contribution is 0.101. The summed E-state index contributed by atoms with van der Waals surface area (Å²) in [5, 5.41) is 8.23. The third kappa shape index (κ3) is 4.74. The molecule has 4 nitrogen and oxygen atoms in total. The van der Waals surface area contributed by atoms with Crippen LogP contribution >= 0.6 is 39.1 Å². The standard InChI is InChI=1S/C24H15BrCl2N2O2/c25-21-6-2-3-17-18(21)4-1-5-19(17)23(30)28-15-8-10-16(11-9-15)29-24(31)20-12-7-14(26)13-22(20)27/h1-13H,(H,28,30)(H,29,31). The van der Waals surface area contributed by atoms with Crippen molar-refractivity contribution < 1.29 is 9.59 Å². The Morgan fingerprint density at radius 2 is 1.26 bits per heavy atom. The minimum Gasteiger partial charge on any atom is -0.322 e. The molecule has 2 amide bonds. The number of fused-ring (bicyclic) bond motifs is 1. The molecule has 0 aliphatic rings. The van der Waals surface area contributed by atoms with Gasteiger partial charge in [-0.1, -0.05) is 63.4 Å². The van der Waals surface area contributed by atoms with E-state index in [1.54, 1.807) is 42.5 Å². The summed E-state index contributed by atoms with van der Waals surface area (Å²) in [6.07, 6.45) is 0. The summed E-state index contributed by atoms with van der Waals surface area (Å²) < 4.78 is 0.931. The predicted octanol–water partition coefficient (Wildman–Crippen LogP) is 7.41. The topological polar surface area (TPSA) is 58.2 Å². The number of nitrogens with one attached hydrogen (secondary N) is 2. The molecule has 0 spiro atoms. The van der Waals surface area contributed by atoms with Crippen LogP contribution in [0.5, 0.6) is 0 Å². The maximum absolute atomic E-state index is 12.8. The maximum atomic E-state index is 12.8. The summed E-state index contributed by atoms with van der Waals surface area (Å²) in [7, 11) is 0. The zero-order valence-electron chi connectivity index (χ0n) is 16.0. The Hall–Kier alpha value is -2.86. The third-order valence-corrected chi connectivity index (χ3v) is 5.93. The summed E-state index contributed by atoms with van der Waals surface area (Å²) in [5.74, 6) is -0.562. The van der Waals surface area contributed by atoms with E-state index in [4.69, 9.17) is 23.2 Å². The second-order valence-electron chi connectivity index (χ2n) is 6.75. The number of amides is 2. The number of anilines is 2. The SMILES string of the molecule is O=C(Nc1ccc(NC(=O)c2cccc3c(Br)cccc23)cc1)c1ccc(Cl)cc1Cl.